The van der Waals surface area contributed by atoms with E-state index in [9.17, 15) is 9.59 Å². The summed E-state index contributed by atoms with van der Waals surface area (Å²) < 4.78 is 10.4. The summed E-state index contributed by atoms with van der Waals surface area (Å²) in [6.07, 6.45) is 0.418. The maximum Gasteiger partial charge on any atom is 0.319 e. The first-order chi connectivity index (χ1) is 13.1. The molecule has 2 aromatic carbocycles. The Morgan fingerprint density at radius 2 is 1.93 bits per heavy atom. The van der Waals surface area contributed by atoms with Crippen molar-refractivity contribution < 1.29 is 19.1 Å². The molecule has 0 radical (unpaired) electrons. The average molecular weight is 369 g/mol. The minimum Gasteiger partial charge on any atom is -0.497 e. The largest absolute Gasteiger partial charge is 0.497 e. The number of carbonyl (C=O) groups is 2. The van der Waals surface area contributed by atoms with Gasteiger partial charge in [-0.1, -0.05) is 18.2 Å². The standard InChI is InChI=1S/C20H23N3O4/c1-26-16-8-9-17(18(11-16)27-2)22-20(25)21-12-14-10-19(24)23(13-14)15-6-4-3-5-7-15/h3-9,11,14H,10,12-13H2,1-2H3,(H2,21,22,25)/t14-/m1/s1. The Kier molecular flexibility index (Phi) is 5.80. The van der Waals surface area contributed by atoms with E-state index in [1.807, 2.05) is 30.3 Å². The van der Waals surface area contributed by atoms with E-state index >= 15 is 0 Å². The van der Waals surface area contributed by atoms with Crippen molar-refractivity contribution in [2.45, 2.75) is 6.42 Å². The number of anilines is 2. The zero-order valence-electron chi connectivity index (χ0n) is 15.4. The molecule has 0 aromatic heterocycles. The van der Waals surface area contributed by atoms with Crippen molar-refractivity contribution in [2.24, 2.45) is 5.92 Å². The van der Waals surface area contributed by atoms with Crippen molar-refractivity contribution in [1.82, 2.24) is 5.32 Å². The van der Waals surface area contributed by atoms with E-state index in [-0.39, 0.29) is 17.9 Å². The first-order valence-corrected chi connectivity index (χ1v) is 8.73. The number of nitrogens with zero attached hydrogens (tertiary/aromatic N) is 1. The number of hydrogen-bond acceptors (Lipinski definition) is 4. The van der Waals surface area contributed by atoms with E-state index < -0.39 is 0 Å². The molecule has 3 rings (SSSR count). The third-order valence-electron chi connectivity index (χ3n) is 4.48. The van der Waals surface area contributed by atoms with Gasteiger partial charge in [-0.15, -0.1) is 0 Å². The molecule has 2 aromatic rings. The van der Waals surface area contributed by atoms with Crippen LogP contribution in [-0.2, 0) is 4.79 Å². The fourth-order valence-corrected chi connectivity index (χ4v) is 3.08. The van der Waals surface area contributed by atoms with Gasteiger partial charge in [0.1, 0.15) is 11.5 Å². The fraction of sp³-hybridized carbons (Fsp3) is 0.300. The van der Waals surface area contributed by atoms with Crippen LogP contribution >= 0.6 is 0 Å². The van der Waals surface area contributed by atoms with E-state index in [1.165, 1.54) is 7.11 Å². The Morgan fingerprint density at radius 3 is 2.63 bits per heavy atom. The van der Waals surface area contributed by atoms with Crippen LogP contribution in [0.4, 0.5) is 16.2 Å². The quantitative estimate of drug-likeness (QED) is 0.821. The minimum atomic E-state index is -0.343. The molecule has 2 N–H and O–H groups in total. The van der Waals surface area contributed by atoms with Gasteiger partial charge in [-0.3, -0.25) is 4.79 Å². The fourth-order valence-electron chi connectivity index (χ4n) is 3.08. The number of rotatable bonds is 6. The molecule has 0 spiro atoms. The van der Waals surface area contributed by atoms with Crippen molar-refractivity contribution in [3.05, 3.63) is 48.5 Å². The van der Waals surface area contributed by atoms with Crippen molar-refractivity contribution in [2.75, 3.05) is 37.5 Å². The third-order valence-corrected chi connectivity index (χ3v) is 4.48. The van der Waals surface area contributed by atoms with Gasteiger partial charge in [-0.25, -0.2) is 4.79 Å². The van der Waals surface area contributed by atoms with Crippen LogP contribution in [0.25, 0.3) is 0 Å². The summed E-state index contributed by atoms with van der Waals surface area (Å²) in [6.45, 7) is 1.01. The Balaban J connectivity index is 1.53. The van der Waals surface area contributed by atoms with Gasteiger partial charge >= 0.3 is 6.03 Å². The van der Waals surface area contributed by atoms with Crippen LogP contribution in [-0.4, -0.2) is 39.2 Å². The zero-order valence-corrected chi connectivity index (χ0v) is 15.4. The molecular formula is C20H23N3O4. The highest BCUT2D eigenvalue weighted by atomic mass is 16.5. The lowest BCUT2D eigenvalue weighted by Gasteiger charge is -2.17. The van der Waals surface area contributed by atoms with Gasteiger partial charge in [0.15, 0.2) is 0 Å². The molecule has 1 aliphatic rings. The molecule has 1 atom stereocenters. The molecule has 7 nitrogen and oxygen atoms in total. The van der Waals surface area contributed by atoms with Gasteiger partial charge in [-0.2, -0.15) is 0 Å². The monoisotopic (exact) mass is 369 g/mol. The summed E-state index contributed by atoms with van der Waals surface area (Å²) in [6, 6.07) is 14.4. The van der Waals surface area contributed by atoms with Crippen LogP contribution in [0, 0.1) is 5.92 Å². The Bertz CT molecular complexity index is 810. The summed E-state index contributed by atoms with van der Waals surface area (Å²) in [5.74, 6) is 1.30. The van der Waals surface area contributed by atoms with Crippen LogP contribution < -0.4 is 25.0 Å². The Hall–Kier alpha value is -3.22. The lowest BCUT2D eigenvalue weighted by molar-refractivity contribution is -0.117. The lowest BCUT2D eigenvalue weighted by Crippen LogP contribution is -2.34. The predicted molar refractivity (Wildman–Crippen MR) is 103 cm³/mol. The summed E-state index contributed by atoms with van der Waals surface area (Å²) in [5.41, 5.74) is 1.43. The number of hydrogen-bond donors (Lipinski definition) is 2. The SMILES string of the molecule is COc1ccc(NC(=O)NC[C@H]2CC(=O)N(c3ccccc3)C2)c(OC)c1. The smallest absolute Gasteiger partial charge is 0.319 e. The van der Waals surface area contributed by atoms with Gasteiger partial charge in [0.25, 0.3) is 0 Å². The second kappa shape index (κ2) is 8.44. The van der Waals surface area contributed by atoms with Gasteiger partial charge in [0.2, 0.25) is 5.91 Å². The van der Waals surface area contributed by atoms with Gasteiger partial charge in [-0.05, 0) is 24.3 Å². The normalized spacial score (nSPS) is 16.1. The first kappa shape index (κ1) is 18.6. The zero-order chi connectivity index (χ0) is 19.2. The molecule has 0 bridgehead atoms. The van der Waals surface area contributed by atoms with Crippen LogP contribution in [0.15, 0.2) is 48.5 Å². The lowest BCUT2D eigenvalue weighted by atomic mass is 10.1. The topological polar surface area (TPSA) is 79.9 Å². The molecule has 1 saturated heterocycles. The minimum absolute atomic E-state index is 0.0706. The van der Waals surface area contributed by atoms with Crippen molar-refractivity contribution in [1.29, 1.82) is 0 Å². The molecular weight excluding hydrogens is 346 g/mol. The molecule has 7 heteroatoms. The summed E-state index contributed by atoms with van der Waals surface area (Å²) in [7, 11) is 3.09. The number of carbonyl (C=O) groups excluding carboxylic acids is 2. The second-order valence-electron chi connectivity index (χ2n) is 6.31. The molecule has 27 heavy (non-hydrogen) atoms. The van der Waals surface area contributed by atoms with Crippen LogP contribution in [0.5, 0.6) is 11.5 Å². The highest BCUT2D eigenvalue weighted by Gasteiger charge is 2.30. The molecule has 0 unspecified atom stereocenters. The molecule has 1 aliphatic heterocycles. The number of nitrogens with one attached hydrogen (secondary N) is 2. The van der Waals surface area contributed by atoms with Gasteiger partial charge < -0.3 is 25.0 Å². The highest BCUT2D eigenvalue weighted by molar-refractivity contribution is 5.96. The third kappa shape index (κ3) is 4.49. The van der Waals surface area contributed by atoms with Crippen LogP contribution in [0.3, 0.4) is 0 Å². The Labute approximate surface area is 158 Å². The second-order valence-corrected chi connectivity index (χ2v) is 6.31. The number of ether oxygens (including phenoxy) is 2. The van der Waals surface area contributed by atoms with E-state index in [4.69, 9.17) is 9.47 Å². The van der Waals surface area contributed by atoms with Crippen molar-refractivity contribution >= 4 is 23.3 Å². The molecule has 1 heterocycles. The average Bonchev–Trinajstić information content (AvgIpc) is 3.08. The molecule has 1 fully saturated rings. The maximum absolute atomic E-state index is 12.2. The van der Waals surface area contributed by atoms with E-state index in [0.29, 0.717) is 36.7 Å². The summed E-state index contributed by atoms with van der Waals surface area (Å²) in [4.78, 5) is 26.2. The van der Waals surface area contributed by atoms with Crippen molar-refractivity contribution in [3.8, 4) is 11.5 Å². The summed E-state index contributed by atoms with van der Waals surface area (Å²) in [5, 5.41) is 5.59. The first-order valence-electron chi connectivity index (χ1n) is 8.73. The predicted octanol–water partition coefficient (Wildman–Crippen LogP) is 2.88. The Morgan fingerprint density at radius 1 is 1.15 bits per heavy atom. The van der Waals surface area contributed by atoms with E-state index in [0.717, 1.165) is 5.69 Å². The number of methoxy groups -OCH3 is 2. The number of urea groups is 1. The number of para-hydroxylation sites is 1. The van der Waals surface area contributed by atoms with Gasteiger partial charge in [0.05, 0.1) is 19.9 Å². The number of benzene rings is 2. The molecule has 142 valence electrons. The maximum atomic E-state index is 12.2. The van der Waals surface area contributed by atoms with E-state index in [2.05, 4.69) is 10.6 Å². The van der Waals surface area contributed by atoms with Crippen LogP contribution in [0.1, 0.15) is 6.42 Å². The molecule has 0 saturated carbocycles. The van der Waals surface area contributed by atoms with Crippen molar-refractivity contribution in [3.63, 3.8) is 0 Å². The summed E-state index contributed by atoms with van der Waals surface area (Å²) >= 11 is 0. The van der Waals surface area contributed by atoms with E-state index in [1.54, 1.807) is 30.2 Å². The molecule has 3 amide bonds. The molecule has 0 aliphatic carbocycles. The highest BCUT2D eigenvalue weighted by Crippen LogP contribution is 2.29. The number of amides is 3. The van der Waals surface area contributed by atoms with Gasteiger partial charge in [0, 0.05) is 37.2 Å². The van der Waals surface area contributed by atoms with Crippen LogP contribution in [0.2, 0.25) is 0 Å².